The minimum Gasteiger partial charge on any atom is -0.298 e. The smallest absolute Gasteiger partial charge is 0.148 e. The van der Waals surface area contributed by atoms with Gasteiger partial charge in [-0.05, 0) is 31.0 Å². The molecule has 0 amide bonds. The van der Waals surface area contributed by atoms with Gasteiger partial charge in [-0.15, -0.1) is 0 Å². The fourth-order valence-electron chi connectivity index (χ4n) is 2.37. The van der Waals surface area contributed by atoms with Gasteiger partial charge in [-0.3, -0.25) is 9.00 Å². The first kappa shape index (κ1) is 14.7. The van der Waals surface area contributed by atoms with Gasteiger partial charge in [0.1, 0.15) is 11.6 Å². The largest absolute Gasteiger partial charge is 0.298 e. The second-order valence-electron chi connectivity index (χ2n) is 4.87. The Kier molecular flexibility index (Phi) is 5.11. The zero-order valence-corrected chi connectivity index (χ0v) is 12.1. The summed E-state index contributed by atoms with van der Waals surface area (Å²) < 4.78 is 25.1. The predicted molar refractivity (Wildman–Crippen MR) is 74.3 cm³/mol. The molecule has 104 valence electrons. The van der Waals surface area contributed by atoms with Gasteiger partial charge in [0.2, 0.25) is 0 Å². The van der Waals surface area contributed by atoms with Crippen LogP contribution in [0.25, 0.3) is 0 Å². The molecule has 19 heavy (non-hydrogen) atoms. The molecular weight excluding hydrogens is 287 g/mol. The van der Waals surface area contributed by atoms with Crippen molar-refractivity contribution < 1.29 is 13.4 Å². The number of carbonyl (C=O) groups is 1. The Labute approximate surface area is 119 Å². The normalized spacial score (nSPS) is 18.2. The molecular formula is C14H16ClFO2S. The highest BCUT2D eigenvalue weighted by Gasteiger charge is 2.23. The van der Waals surface area contributed by atoms with Crippen LogP contribution in [0, 0.1) is 11.7 Å². The Morgan fingerprint density at radius 3 is 2.63 bits per heavy atom. The van der Waals surface area contributed by atoms with Crippen LogP contribution in [-0.4, -0.2) is 15.7 Å². The Bertz CT molecular complexity index is 498. The third-order valence-corrected chi connectivity index (χ3v) is 5.10. The molecule has 5 heteroatoms. The van der Waals surface area contributed by atoms with Crippen LogP contribution < -0.4 is 0 Å². The predicted octanol–water partition coefficient (Wildman–Crippen LogP) is 3.74. The third kappa shape index (κ3) is 3.86. The van der Waals surface area contributed by atoms with Crippen LogP contribution >= 0.6 is 11.6 Å². The van der Waals surface area contributed by atoms with Gasteiger partial charge in [0.15, 0.2) is 0 Å². The second-order valence-corrected chi connectivity index (χ2v) is 6.73. The second kappa shape index (κ2) is 6.62. The van der Waals surface area contributed by atoms with Crippen LogP contribution in [0.3, 0.4) is 0 Å². The van der Waals surface area contributed by atoms with Gasteiger partial charge < -0.3 is 0 Å². The van der Waals surface area contributed by atoms with Crippen LogP contribution in [0.5, 0.6) is 0 Å². The van der Waals surface area contributed by atoms with Gasteiger partial charge in [-0.25, -0.2) is 4.39 Å². The molecule has 2 nitrogen and oxygen atoms in total. The van der Waals surface area contributed by atoms with Crippen molar-refractivity contribution in [2.24, 2.45) is 5.92 Å². The lowest BCUT2D eigenvalue weighted by Gasteiger charge is -2.19. The van der Waals surface area contributed by atoms with Crippen LogP contribution in [-0.2, 0) is 15.6 Å². The molecule has 0 aliphatic heterocycles. The molecule has 1 fully saturated rings. The van der Waals surface area contributed by atoms with E-state index in [2.05, 4.69) is 0 Å². The molecule has 0 spiro atoms. The molecule has 0 bridgehead atoms. The average Bonchev–Trinajstić information content (AvgIpc) is 2.42. The molecule has 1 aromatic carbocycles. The molecule has 1 aliphatic carbocycles. The van der Waals surface area contributed by atoms with E-state index in [-0.39, 0.29) is 22.5 Å². The van der Waals surface area contributed by atoms with E-state index in [1.807, 2.05) is 0 Å². The Hall–Kier alpha value is -0.740. The van der Waals surface area contributed by atoms with Crippen LogP contribution in [0.4, 0.5) is 4.39 Å². The number of hydrogen-bond acceptors (Lipinski definition) is 2. The summed E-state index contributed by atoms with van der Waals surface area (Å²) in [5.74, 6) is -0.430. The summed E-state index contributed by atoms with van der Waals surface area (Å²) in [5, 5.41) is -0.0593. The van der Waals surface area contributed by atoms with Crippen molar-refractivity contribution in [2.75, 3.05) is 5.75 Å². The van der Waals surface area contributed by atoms with E-state index in [0.29, 0.717) is 4.90 Å². The van der Waals surface area contributed by atoms with Gasteiger partial charge >= 0.3 is 0 Å². The lowest BCUT2D eigenvalue weighted by Crippen LogP contribution is -2.23. The molecule has 1 saturated carbocycles. The summed E-state index contributed by atoms with van der Waals surface area (Å²) in [6, 6.07) is 3.94. The zero-order valence-electron chi connectivity index (χ0n) is 10.5. The van der Waals surface area contributed by atoms with Crippen LogP contribution in [0.2, 0.25) is 5.02 Å². The number of hydrogen-bond donors (Lipinski definition) is 0. The standard InChI is InChI=1S/C14H16ClFO2S/c15-12-8-11(6-7-13(12)16)19(18)9-14(17)10-4-2-1-3-5-10/h6-8,10H,1-5,9H2. The Morgan fingerprint density at radius 1 is 1.32 bits per heavy atom. The Morgan fingerprint density at radius 2 is 2.00 bits per heavy atom. The van der Waals surface area contributed by atoms with Gasteiger partial charge in [0.25, 0.3) is 0 Å². The molecule has 0 saturated heterocycles. The lowest BCUT2D eigenvalue weighted by atomic mass is 9.87. The molecule has 0 N–H and O–H groups in total. The van der Waals surface area contributed by atoms with Gasteiger partial charge in [-0.1, -0.05) is 30.9 Å². The first-order valence-electron chi connectivity index (χ1n) is 6.44. The van der Waals surface area contributed by atoms with Crippen molar-refractivity contribution in [3.63, 3.8) is 0 Å². The van der Waals surface area contributed by atoms with E-state index in [4.69, 9.17) is 11.6 Å². The minimum absolute atomic E-state index is 0.00658. The van der Waals surface area contributed by atoms with Crippen LogP contribution in [0.15, 0.2) is 23.1 Å². The highest BCUT2D eigenvalue weighted by molar-refractivity contribution is 7.85. The fraction of sp³-hybridized carbons (Fsp3) is 0.500. The first-order chi connectivity index (χ1) is 9.08. The summed E-state index contributed by atoms with van der Waals surface area (Å²) in [4.78, 5) is 12.4. The van der Waals surface area contributed by atoms with E-state index >= 15 is 0 Å². The van der Waals surface area contributed by atoms with Crippen molar-refractivity contribution in [3.8, 4) is 0 Å². The summed E-state index contributed by atoms with van der Waals surface area (Å²) >= 11 is 5.65. The maximum absolute atomic E-state index is 13.0. The Balaban J connectivity index is 1.99. The molecule has 0 radical (unpaired) electrons. The highest BCUT2D eigenvalue weighted by atomic mass is 35.5. The fourth-order valence-corrected chi connectivity index (χ4v) is 3.75. The quantitative estimate of drug-likeness (QED) is 0.849. The van der Waals surface area contributed by atoms with Crippen LogP contribution in [0.1, 0.15) is 32.1 Å². The third-order valence-electron chi connectivity index (χ3n) is 3.49. The molecule has 2 rings (SSSR count). The number of Topliss-reactive ketones (excluding diaryl/α,β-unsaturated/α-hetero) is 1. The van der Waals surface area contributed by atoms with E-state index in [9.17, 15) is 13.4 Å². The van der Waals surface area contributed by atoms with Gasteiger partial charge in [0, 0.05) is 10.8 Å². The number of benzene rings is 1. The highest BCUT2D eigenvalue weighted by Crippen LogP contribution is 2.25. The SMILES string of the molecule is O=C(CS(=O)c1ccc(F)c(Cl)c1)C1CCCCC1. The summed E-state index contributed by atoms with van der Waals surface area (Å²) in [6.45, 7) is 0. The van der Waals surface area contributed by atoms with Crippen molar-refractivity contribution in [1.29, 1.82) is 0 Å². The van der Waals surface area contributed by atoms with E-state index < -0.39 is 16.6 Å². The zero-order chi connectivity index (χ0) is 13.8. The van der Waals surface area contributed by atoms with E-state index in [1.165, 1.54) is 24.6 Å². The molecule has 0 heterocycles. The topological polar surface area (TPSA) is 34.1 Å². The van der Waals surface area contributed by atoms with Gasteiger partial charge in [-0.2, -0.15) is 0 Å². The monoisotopic (exact) mass is 302 g/mol. The number of ketones is 1. The molecule has 0 aromatic heterocycles. The molecule has 1 unspecified atom stereocenters. The van der Waals surface area contributed by atoms with E-state index in [0.717, 1.165) is 25.7 Å². The maximum Gasteiger partial charge on any atom is 0.148 e. The first-order valence-corrected chi connectivity index (χ1v) is 8.14. The van der Waals surface area contributed by atoms with Crippen molar-refractivity contribution in [3.05, 3.63) is 29.0 Å². The molecule has 1 aliphatic rings. The van der Waals surface area contributed by atoms with Crippen molar-refractivity contribution in [1.82, 2.24) is 0 Å². The number of halogens is 2. The summed E-state index contributed by atoms with van der Waals surface area (Å²) in [7, 11) is -1.43. The average molecular weight is 303 g/mol. The number of rotatable bonds is 4. The van der Waals surface area contributed by atoms with Crippen molar-refractivity contribution >= 4 is 28.2 Å². The summed E-state index contributed by atoms with van der Waals surface area (Å²) in [5.41, 5.74) is 0. The summed E-state index contributed by atoms with van der Waals surface area (Å²) in [6.07, 6.45) is 5.14. The van der Waals surface area contributed by atoms with E-state index in [1.54, 1.807) is 0 Å². The van der Waals surface area contributed by atoms with Gasteiger partial charge in [0.05, 0.1) is 21.6 Å². The molecule has 1 aromatic rings. The minimum atomic E-state index is -1.43. The van der Waals surface area contributed by atoms with Crippen molar-refractivity contribution in [2.45, 2.75) is 37.0 Å². The maximum atomic E-state index is 13.0. The molecule has 1 atom stereocenters. The number of carbonyl (C=O) groups excluding carboxylic acids is 1. The lowest BCUT2D eigenvalue weighted by molar-refractivity contribution is -0.121.